The molecule has 1 saturated carbocycles. The first-order valence-electron chi connectivity index (χ1n) is 7.00. The van der Waals surface area contributed by atoms with Crippen LogP contribution in [0.4, 0.5) is 0 Å². The molecule has 0 aromatic heterocycles. The molecule has 0 radical (unpaired) electrons. The third kappa shape index (κ3) is 5.57. The first kappa shape index (κ1) is 15.9. The van der Waals surface area contributed by atoms with E-state index in [0.29, 0.717) is 11.7 Å². The summed E-state index contributed by atoms with van der Waals surface area (Å²) in [6, 6.07) is 2.21. The zero-order valence-electron chi connectivity index (χ0n) is 11.8. The highest BCUT2D eigenvalue weighted by molar-refractivity contribution is 8.03. The monoisotopic (exact) mass is 276 g/mol. The second-order valence-electron chi connectivity index (χ2n) is 5.06. The summed E-state index contributed by atoms with van der Waals surface area (Å²) in [4.78, 5) is 1.10. The maximum atomic E-state index is 8.78. The molecule has 0 heterocycles. The lowest BCUT2D eigenvalue weighted by Crippen LogP contribution is -2.08. The molecular weight excluding hydrogens is 252 g/mol. The normalized spacial score (nSPS) is 19.8. The molecule has 2 N–H and O–H groups in total. The van der Waals surface area contributed by atoms with Crippen LogP contribution in [0.25, 0.3) is 0 Å². The van der Waals surface area contributed by atoms with Gasteiger partial charge in [-0.05, 0) is 30.4 Å². The molecule has 1 rings (SSSR count). The highest BCUT2D eigenvalue weighted by Gasteiger charge is 2.15. The van der Waals surface area contributed by atoms with Gasteiger partial charge in [0.05, 0.1) is 6.07 Å². The fraction of sp³-hybridized carbons (Fsp3) is 0.562. The molecule has 1 unspecified atom stereocenters. The van der Waals surface area contributed by atoms with Crippen LogP contribution in [-0.4, -0.2) is 5.25 Å². The van der Waals surface area contributed by atoms with Crippen molar-refractivity contribution in [3.05, 3.63) is 35.4 Å². The molecule has 0 saturated heterocycles. The Kier molecular flexibility index (Phi) is 7.43. The van der Waals surface area contributed by atoms with Crippen molar-refractivity contribution in [2.24, 2.45) is 11.7 Å². The van der Waals surface area contributed by atoms with E-state index in [1.54, 1.807) is 6.20 Å². The summed E-state index contributed by atoms with van der Waals surface area (Å²) in [6.07, 6.45) is 12.7. The highest BCUT2D eigenvalue weighted by Crippen LogP contribution is 2.34. The molecule has 0 bridgehead atoms. The number of hydrogen-bond acceptors (Lipinski definition) is 3. The minimum absolute atomic E-state index is 0.212. The van der Waals surface area contributed by atoms with Gasteiger partial charge in [-0.1, -0.05) is 38.8 Å². The molecule has 0 aromatic rings. The minimum atomic E-state index is 0.212. The highest BCUT2D eigenvalue weighted by atomic mass is 32.2. The molecule has 1 aliphatic carbocycles. The van der Waals surface area contributed by atoms with E-state index in [1.165, 1.54) is 32.1 Å². The van der Waals surface area contributed by atoms with Gasteiger partial charge in [-0.3, -0.25) is 0 Å². The zero-order chi connectivity index (χ0) is 14.1. The standard InChI is InChI=1S/C16H24N2S/c1-3-14(13(2)9-10-17)11-16(12-18)19-15-7-5-4-6-8-15/h3,11-13,15H,1,4-9,18H2,2H3/b14-11+,16-12+. The summed E-state index contributed by atoms with van der Waals surface area (Å²) >= 11 is 1.87. The van der Waals surface area contributed by atoms with E-state index in [-0.39, 0.29) is 5.92 Å². The Hall–Kier alpha value is -1.14. The van der Waals surface area contributed by atoms with Gasteiger partial charge in [0.1, 0.15) is 0 Å². The van der Waals surface area contributed by atoms with E-state index < -0.39 is 0 Å². The lowest BCUT2D eigenvalue weighted by molar-refractivity contribution is 0.517. The third-order valence-electron chi connectivity index (χ3n) is 3.53. The summed E-state index contributed by atoms with van der Waals surface area (Å²) in [6.45, 7) is 5.90. The van der Waals surface area contributed by atoms with Crippen LogP contribution < -0.4 is 5.73 Å². The summed E-state index contributed by atoms with van der Waals surface area (Å²) in [5.74, 6) is 0.212. The number of nitriles is 1. The van der Waals surface area contributed by atoms with Gasteiger partial charge in [0.25, 0.3) is 0 Å². The zero-order valence-corrected chi connectivity index (χ0v) is 12.6. The smallest absolute Gasteiger partial charge is 0.0628 e. The van der Waals surface area contributed by atoms with Crippen LogP contribution in [0.2, 0.25) is 0 Å². The SMILES string of the molecule is C=C/C(=C\C(=C/N)SC1CCCCC1)C(C)CC#N. The molecule has 0 aromatic carbocycles. The predicted octanol–water partition coefficient (Wildman–Crippen LogP) is 4.51. The van der Waals surface area contributed by atoms with Crippen LogP contribution >= 0.6 is 11.8 Å². The van der Waals surface area contributed by atoms with E-state index >= 15 is 0 Å². The average Bonchev–Trinajstić information content (AvgIpc) is 2.44. The Morgan fingerprint density at radius 3 is 2.68 bits per heavy atom. The molecule has 104 valence electrons. The molecule has 1 atom stereocenters. The minimum Gasteiger partial charge on any atom is -0.404 e. The van der Waals surface area contributed by atoms with E-state index in [2.05, 4.69) is 25.6 Å². The predicted molar refractivity (Wildman–Crippen MR) is 84.4 cm³/mol. The maximum absolute atomic E-state index is 8.78. The van der Waals surface area contributed by atoms with Gasteiger partial charge in [0.2, 0.25) is 0 Å². The van der Waals surface area contributed by atoms with Crippen molar-refractivity contribution in [3.8, 4) is 6.07 Å². The van der Waals surface area contributed by atoms with Crippen LogP contribution in [0.3, 0.4) is 0 Å². The van der Waals surface area contributed by atoms with Gasteiger partial charge in [0.15, 0.2) is 0 Å². The topological polar surface area (TPSA) is 49.8 Å². The van der Waals surface area contributed by atoms with Gasteiger partial charge in [-0.15, -0.1) is 11.8 Å². The molecule has 1 fully saturated rings. The van der Waals surface area contributed by atoms with Crippen LogP contribution in [0.5, 0.6) is 0 Å². The van der Waals surface area contributed by atoms with Crippen molar-refractivity contribution >= 4 is 11.8 Å². The van der Waals surface area contributed by atoms with Crippen molar-refractivity contribution in [2.75, 3.05) is 0 Å². The Labute approximate surface area is 121 Å². The summed E-state index contributed by atoms with van der Waals surface area (Å²) in [5.41, 5.74) is 6.84. The van der Waals surface area contributed by atoms with Crippen molar-refractivity contribution in [1.82, 2.24) is 0 Å². The van der Waals surface area contributed by atoms with Gasteiger partial charge in [-0.2, -0.15) is 5.26 Å². The Balaban J connectivity index is 2.67. The van der Waals surface area contributed by atoms with Crippen LogP contribution in [0, 0.1) is 17.2 Å². The Bertz CT molecular complexity index is 384. The number of hydrogen-bond donors (Lipinski definition) is 1. The lowest BCUT2D eigenvalue weighted by Gasteiger charge is -2.21. The van der Waals surface area contributed by atoms with Gasteiger partial charge >= 0.3 is 0 Å². The molecule has 0 amide bonds. The number of thioether (sulfide) groups is 1. The fourth-order valence-corrected chi connectivity index (χ4v) is 3.55. The Morgan fingerprint density at radius 1 is 1.47 bits per heavy atom. The summed E-state index contributed by atoms with van der Waals surface area (Å²) < 4.78 is 0. The van der Waals surface area contributed by atoms with Crippen molar-refractivity contribution in [2.45, 2.75) is 50.7 Å². The quantitative estimate of drug-likeness (QED) is 0.726. The molecule has 19 heavy (non-hydrogen) atoms. The molecule has 0 aliphatic heterocycles. The second-order valence-corrected chi connectivity index (χ2v) is 6.43. The molecule has 1 aliphatic rings. The average molecular weight is 276 g/mol. The number of nitrogens with zero attached hydrogens (tertiary/aromatic N) is 1. The first-order valence-corrected chi connectivity index (χ1v) is 7.88. The Morgan fingerprint density at radius 2 is 2.16 bits per heavy atom. The number of allylic oxidation sites excluding steroid dienone is 3. The molecule has 2 nitrogen and oxygen atoms in total. The van der Waals surface area contributed by atoms with Crippen LogP contribution in [0.15, 0.2) is 35.4 Å². The third-order valence-corrected chi connectivity index (χ3v) is 4.86. The van der Waals surface area contributed by atoms with Crippen LogP contribution in [-0.2, 0) is 0 Å². The largest absolute Gasteiger partial charge is 0.404 e. The van der Waals surface area contributed by atoms with Gasteiger partial charge in [-0.25, -0.2) is 0 Å². The number of rotatable bonds is 6. The van der Waals surface area contributed by atoms with E-state index in [0.717, 1.165) is 10.5 Å². The summed E-state index contributed by atoms with van der Waals surface area (Å²) in [7, 11) is 0. The maximum Gasteiger partial charge on any atom is 0.0628 e. The number of nitrogens with two attached hydrogens (primary N) is 1. The van der Waals surface area contributed by atoms with Crippen molar-refractivity contribution < 1.29 is 0 Å². The first-order chi connectivity index (χ1) is 9.21. The molecule has 0 spiro atoms. The van der Waals surface area contributed by atoms with Crippen molar-refractivity contribution in [3.63, 3.8) is 0 Å². The summed E-state index contributed by atoms with van der Waals surface area (Å²) in [5, 5.41) is 9.47. The molecule has 3 heteroatoms. The van der Waals surface area contributed by atoms with Crippen molar-refractivity contribution in [1.29, 1.82) is 5.26 Å². The second kappa shape index (κ2) is 8.87. The van der Waals surface area contributed by atoms with E-state index in [1.807, 2.05) is 17.8 Å². The fourth-order valence-electron chi connectivity index (χ4n) is 2.32. The van der Waals surface area contributed by atoms with E-state index in [9.17, 15) is 0 Å². The lowest BCUT2D eigenvalue weighted by atomic mass is 9.98. The van der Waals surface area contributed by atoms with E-state index in [4.69, 9.17) is 11.0 Å². The van der Waals surface area contributed by atoms with Gasteiger partial charge < -0.3 is 5.73 Å². The van der Waals surface area contributed by atoms with Crippen LogP contribution in [0.1, 0.15) is 45.4 Å². The molecular formula is C16H24N2S. The van der Waals surface area contributed by atoms with Gasteiger partial charge in [0, 0.05) is 22.8 Å².